The topological polar surface area (TPSA) is 136 Å². The number of aryl methyl sites for hydroxylation is 1. The molecular formula is C25H28BN3O7. The molecule has 2 aliphatic rings. The average Bonchev–Trinajstić information content (AvgIpc) is 2.85. The van der Waals surface area contributed by atoms with Crippen molar-refractivity contribution in [3.05, 3.63) is 59.2 Å². The van der Waals surface area contributed by atoms with Crippen LogP contribution in [-0.2, 0) is 20.8 Å². The molecule has 2 heterocycles. The fourth-order valence-electron chi connectivity index (χ4n) is 4.58. The standard InChI is InChI=1S/C25H28BN3O7/c1-3-28-11-12-29(24(33)23(28)32)25(34)27-21(16-7-9-19(30)10-8-16)20(31)14-18-13-17-6-4-5-15(2)22(17)36-26(18)35/h4-10,18,21,30,35H,3,11-14H2,1-2H3,(H,27,34)/t18-,21?/m1/s1. The molecule has 188 valence electrons. The monoisotopic (exact) mass is 493 g/mol. The average molecular weight is 493 g/mol. The van der Waals surface area contributed by atoms with Gasteiger partial charge in [0.2, 0.25) is 0 Å². The molecule has 2 atom stereocenters. The van der Waals surface area contributed by atoms with E-state index >= 15 is 0 Å². The Balaban J connectivity index is 1.53. The number of phenols is 1. The van der Waals surface area contributed by atoms with E-state index in [9.17, 15) is 29.3 Å². The van der Waals surface area contributed by atoms with Crippen molar-refractivity contribution in [2.75, 3.05) is 19.6 Å². The van der Waals surface area contributed by atoms with Gasteiger partial charge in [-0.3, -0.25) is 19.3 Å². The number of piperazine rings is 1. The molecule has 2 aliphatic heterocycles. The van der Waals surface area contributed by atoms with Crippen molar-refractivity contribution in [2.24, 2.45) is 0 Å². The number of nitrogens with one attached hydrogen (secondary N) is 1. The molecule has 0 aromatic heterocycles. The molecule has 0 radical (unpaired) electrons. The van der Waals surface area contributed by atoms with Crippen molar-refractivity contribution in [2.45, 2.75) is 38.5 Å². The van der Waals surface area contributed by atoms with Gasteiger partial charge in [0.1, 0.15) is 17.5 Å². The number of fused-ring (bicyclic) bond motifs is 1. The highest BCUT2D eigenvalue weighted by Gasteiger charge is 2.40. The van der Waals surface area contributed by atoms with E-state index in [1.165, 1.54) is 29.2 Å². The highest BCUT2D eigenvalue weighted by atomic mass is 16.5. The predicted octanol–water partition coefficient (Wildman–Crippen LogP) is 1.59. The molecule has 10 nitrogen and oxygen atoms in total. The Morgan fingerprint density at radius 2 is 1.86 bits per heavy atom. The van der Waals surface area contributed by atoms with Crippen molar-refractivity contribution in [1.29, 1.82) is 0 Å². The zero-order valence-corrected chi connectivity index (χ0v) is 20.1. The molecule has 1 fully saturated rings. The first-order valence-corrected chi connectivity index (χ1v) is 11.9. The van der Waals surface area contributed by atoms with Crippen LogP contribution in [0.3, 0.4) is 0 Å². The van der Waals surface area contributed by atoms with E-state index in [0.29, 0.717) is 24.3 Å². The fourth-order valence-corrected chi connectivity index (χ4v) is 4.58. The number of rotatable bonds is 6. The van der Waals surface area contributed by atoms with Crippen LogP contribution < -0.4 is 9.97 Å². The van der Waals surface area contributed by atoms with Gasteiger partial charge >= 0.3 is 25.0 Å². The Bertz CT molecular complexity index is 1190. The Hall–Kier alpha value is -3.86. The number of hydrogen-bond donors (Lipinski definition) is 3. The van der Waals surface area contributed by atoms with Gasteiger partial charge in [0.05, 0.1) is 0 Å². The molecule has 11 heteroatoms. The summed E-state index contributed by atoms with van der Waals surface area (Å²) in [4.78, 5) is 53.3. The molecule has 0 bridgehead atoms. The van der Waals surface area contributed by atoms with Crippen molar-refractivity contribution >= 4 is 30.7 Å². The summed E-state index contributed by atoms with van der Waals surface area (Å²) in [5.74, 6) is -2.12. The molecule has 36 heavy (non-hydrogen) atoms. The second-order valence-electron chi connectivity index (χ2n) is 9.02. The summed E-state index contributed by atoms with van der Waals surface area (Å²) in [7, 11) is -1.21. The summed E-state index contributed by atoms with van der Waals surface area (Å²) in [6.07, 6.45) is 0.295. The lowest BCUT2D eigenvalue weighted by Gasteiger charge is -2.33. The third kappa shape index (κ3) is 5.06. The smallest absolute Gasteiger partial charge is 0.526 e. The third-order valence-electron chi connectivity index (χ3n) is 6.63. The molecule has 1 saturated heterocycles. The number of urea groups is 1. The molecule has 4 rings (SSSR count). The van der Waals surface area contributed by atoms with Gasteiger partial charge in [-0.2, -0.15) is 0 Å². The number of carbonyl (C=O) groups excluding carboxylic acids is 4. The van der Waals surface area contributed by atoms with Crippen LogP contribution in [-0.4, -0.2) is 70.3 Å². The SMILES string of the molecule is CCN1CCN(C(=O)NC(C(=O)C[C@H]2Cc3cccc(C)c3OB2O)c2ccc(O)cc2)C(=O)C1=O. The lowest BCUT2D eigenvalue weighted by atomic mass is 9.64. The summed E-state index contributed by atoms with van der Waals surface area (Å²) in [6, 6.07) is 9.35. The Labute approximate surface area is 209 Å². The third-order valence-corrected chi connectivity index (χ3v) is 6.63. The van der Waals surface area contributed by atoms with Gasteiger partial charge in [0, 0.05) is 31.9 Å². The number of carbonyl (C=O) groups is 4. The van der Waals surface area contributed by atoms with E-state index in [1.807, 2.05) is 25.1 Å². The highest BCUT2D eigenvalue weighted by molar-refractivity contribution is 6.46. The number of phenolic OH excluding ortho intramolecular Hbond substituents is 1. The van der Waals surface area contributed by atoms with Crippen molar-refractivity contribution in [3.63, 3.8) is 0 Å². The number of imide groups is 1. The van der Waals surface area contributed by atoms with Gasteiger partial charge in [-0.1, -0.05) is 30.3 Å². The highest BCUT2D eigenvalue weighted by Crippen LogP contribution is 2.36. The molecule has 3 N–H and O–H groups in total. The Kier molecular flexibility index (Phi) is 7.30. The zero-order chi connectivity index (χ0) is 26.0. The second-order valence-corrected chi connectivity index (χ2v) is 9.02. The van der Waals surface area contributed by atoms with Crippen LogP contribution in [0.25, 0.3) is 0 Å². The van der Waals surface area contributed by atoms with Gasteiger partial charge < -0.3 is 25.0 Å². The molecule has 1 unspecified atom stereocenters. The molecule has 0 aliphatic carbocycles. The maximum absolute atomic E-state index is 13.5. The number of Topliss-reactive ketones (excluding diaryl/α,β-unsaturated/α-hetero) is 1. The van der Waals surface area contributed by atoms with Gasteiger partial charge in [-0.25, -0.2) is 4.79 Å². The number of nitrogens with zero attached hydrogens (tertiary/aromatic N) is 2. The summed E-state index contributed by atoms with van der Waals surface area (Å²) < 4.78 is 5.69. The molecule has 0 spiro atoms. The number of hydrogen-bond acceptors (Lipinski definition) is 7. The minimum atomic E-state index is -1.21. The van der Waals surface area contributed by atoms with Crippen LogP contribution in [0, 0.1) is 6.92 Å². The maximum Gasteiger partial charge on any atom is 0.526 e. The van der Waals surface area contributed by atoms with Crippen LogP contribution in [0.5, 0.6) is 11.5 Å². The molecule has 2 aromatic carbocycles. The largest absolute Gasteiger partial charge is 0.536 e. The number of para-hydroxylation sites is 1. The van der Waals surface area contributed by atoms with E-state index in [0.717, 1.165) is 16.0 Å². The summed E-state index contributed by atoms with van der Waals surface area (Å²) in [6.45, 7) is 4.18. The number of likely N-dealkylation sites (N-methyl/N-ethyl adjacent to an activating group) is 1. The van der Waals surface area contributed by atoms with Crippen molar-refractivity contribution < 1.29 is 34.0 Å². The zero-order valence-electron chi connectivity index (χ0n) is 20.1. The Morgan fingerprint density at radius 3 is 2.56 bits per heavy atom. The van der Waals surface area contributed by atoms with Crippen molar-refractivity contribution in [1.82, 2.24) is 15.1 Å². The predicted molar refractivity (Wildman–Crippen MR) is 130 cm³/mol. The lowest BCUT2D eigenvalue weighted by Crippen LogP contribution is -2.58. The van der Waals surface area contributed by atoms with Crippen LogP contribution in [0.1, 0.15) is 36.1 Å². The van der Waals surface area contributed by atoms with Gasteiger partial charge in [-0.05, 0) is 49.1 Å². The van der Waals surface area contributed by atoms with Gasteiger partial charge in [0.15, 0.2) is 5.78 Å². The first kappa shape index (κ1) is 25.2. The first-order valence-electron chi connectivity index (χ1n) is 11.9. The van der Waals surface area contributed by atoms with Crippen LogP contribution in [0.2, 0.25) is 5.82 Å². The van der Waals surface area contributed by atoms with Crippen molar-refractivity contribution in [3.8, 4) is 11.5 Å². The van der Waals surface area contributed by atoms with E-state index < -0.39 is 42.6 Å². The number of aromatic hydroxyl groups is 1. The molecule has 2 aromatic rings. The second kappa shape index (κ2) is 10.4. The summed E-state index contributed by atoms with van der Waals surface area (Å²) in [5.41, 5.74) is 2.15. The summed E-state index contributed by atoms with van der Waals surface area (Å²) in [5, 5.41) is 22.8. The normalized spacial score (nSPS) is 18.4. The summed E-state index contributed by atoms with van der Waals surface area (Å²) >= 11 is 0. The van der Waals surface area contributed by atoms with E-state index in [4.69, 9.17) is 4.65 Å². The molecular weight excluding hydrogens is 465 g/mol. The van der Waals surface area contributed by atoms with Crippen LogP contribution >= 0.6 is 0 Å². The van der Waals surface area contributed by atoms with Crippen LogP contribution in [0.15, 0.2) is 42.5 Å². The van der Waals surface area contributed by atoms with Gasteiger partial charge in [0.25, 0.3) is 0 Å². The Morgan fingerprint density at radius 1 is 1.14 bits per heavy atom. The number of ketones is 1. The fraction of sp³-hybridized carbons (Fsp3) is 0.360. The van der Waals surface area contributed by atoms with E-state index in [2.05, 4.69) is 5.32 Å². The molecule has 0 saturated carbocycles. The lowest BCUT2D eigenvalue weighted by molar-refractivity contribution is -0.153. The van der Waals surface area contributed by atoms with Crippen LogP contribution in [0.4, 0.5) is 4.79 Å². The van der Waals surface area contributed by atoms with Gasteiger partial charge in [-0.15, -0.1) is 0 Å². The van der Waals surface area contributed by atoms with E-state index in [-0.39, 0.29) is 25.3 Å². The molecule has 4 amide bonds. The number of amides is 4. The minimum absolute atomic E-state index is 0.00600. The maximum atomic E-state index is 13.5. The number of benzene rings is 2. The quantitative estimate of drug-likeness (QED) is 0.411. The van der Waals surface area contributed by atoms with E-state index in [1.54, 1.807) is 6.92 Å². The minimum Gasteiger partial charge on any atom is -0.536 e. The first-order chi connectivity index (χ1) is 17.2.